The third-order valence-corrected chi connectivity index (χ3v) is 4.77. The number of nitriles is 1. The van der Waals surface area contributed by atoms with Crippen LogP contribution >= 0.6 is 27.5 Å². The minimum atomic E-state index is -0.568. The van der Waals surface area contributed by atoms with E-state index in [1.165, 1.54) is 22.8 Å². The van der Waals surface area contributed by atoms with E-state index in [1.807, 2.05) is 6.07 Å². The predicted molar refractivity (Wildman–Crippen MR) is 102 cm³/mol. The summed E-state index contributed by atoms with van der Waals surface area (Å²) in [6.07, 6.45) is 0.801. The van der Waals surface area contributed by atoms with Gasteiger partial charge in [0.15, 0.2) is 11.6 Å². The zero-order valence-electron chi connectivity index (χ0n) is 14.1. The SMILES string of the molecule is Cn1c(CCc2ccc(Br)c(F)c2Oc2cc(Cl)cc(C#N)c2)n[nH]c1=O. The molecule has 138 valence electrons. The summed E-state index contributed by atoms with van der Waals surface area (Å²) >= 11 is 9.14. The predicted octanol–water partition coefficient (Wildman–Crippen LogP) is 4.11. The lowest BCUT2D eigenvalue weighted by Crippen LogP contribution is -2.15. The smallest absolute Gasteiger partial charge is 0.343 e. The van der Waals surface area contributed by atoms with Gasteiger partial charge in [0, 0.05) is 18.5 Å². The first-order chi connectivity index (χ1) is 12.9. The molecule has 0 amide bonds. The van der Waals surface area contributed by atoms with Crippen LogP contribution in [-0.2, 0) is 19.9 Å². The summed E-state index contributed by atoms with van der Waals surface area (Å²) in [5.74, 6) is 0.256. The Morgan fingerprint density at radius 1 is 1.37 bits per heavy atom. The van der Waals surface area contributed by atoms with Crippen LogP contribution < -0.4 is 10.4 Å². The number of aromatic nitrogens is 3. The summed E-state index contributed by atoms with van der Waals surface area (Å²) in [4.78, 5) is 11.5. The summed E-state index contributed by atoms with van der Waals surface area (Å²) in [7, 11) is 1.61. The Labute approximate surface area is 167 Å². The molecule has 27 heavy (non-hydrogen) atoms. The third kappa shape index (κ3) is 4.21. The highest BCUT2D eigenvalue weighted by Crippen LogP contribution is 2.34. The lowest BCUT2D eigenvalue weighted by molar-refractivity contribution is 0.434. The number of aryl methyl sites for hydroxylation is 2. The maximum atomic E-state index is 14.7. The first-order valence-corrected chi connectivity index (χ1v) is 9.02. The molecule has 3 rings (SSSR count). The number of aromatic amines is 1. The van der Waals surface area contributed by atoms with E-state index < -0.39 is 5.82 Å². The van der Waals surface area contributed by atoms with E-state index in [2.05, 4.69) is 26.1 Å². The minimum absolute atomic E-state index is 0.0241. The van der Waals surface area contributed by atoms with Crippen molar-refractivity contribution in [3.05, 3.63) is 73.1 Å². The second-order valence-corrected chi connectivity index (χ2v) is 7.03. The van der Waals surface area contributed by atoms with Gasteiger partial charge in [-0.1, -0.05) is 17.7 Å². The van der Waals surface area contributed by atoms with Crippen LogP contribution in [0.3, 0.4) is 0 Å². The standard InChI is InChI=1S/C18H13BrClFN4O2/c1-25-15(23-24-18(25)26)5-3-11-2-4-14(19)16(21)17(11)27-13-7-10(9-22)6-12(20)8-13/h2,4,6-8H,3,5H2,1H3,(H,24,26). The van der Waals surface area contributed by atoms with Crippen molar-refractivity contribution in [2.24, 2.45) is 7.05 Å². The quantitative estimate of drug-likeness (QED) is 0.633. The number of nitrogens with zero attached hydrogens (tertiary/aromatic N) is 3. The summed E-state index contributed by atoms with van der Waals surface area (Å²) in [5, 5.41) is 15.7. The molecule has 0 spiro atoms. The van der Waals surface area contributed by atoms with Gasteiger partial charge in [0.25, 0.3) is 0 Å². The minimum Gasteiger partial charge on any atom is -0.454 e. The lowest BCUT2D eigenvalue weighted by atomic mass is 10.1. The van der Waals surface area contributed by atoms with Crippen molar-refractivity contribution in [2.45, 2.75) is 12.8 Å². The Morgan fingerprint density at radius 3 is 2.81 bits per heavy atom. The van der Waals surface area contributed by atoms with Crippen molar-refractivity contribution in [3.63, 3.8) is 0 Å². The van der Waals surface area contributed by atoms with Gasteiger partial charge in [-0.15, -0.1) is 0 Å². The zero-order chi connectivity index (χ0) is 19.6. The van der Waals surface area contributed by atoms with Gasteiger partial charge in [-0.2, -0.15) is 10.4 Å². The fourth-order valence-electron chi connectivity index (χ4n) is 2.53. The molecule has 0 saturated carbocycles. The molecule has 0 fully saturated rings. The van der Waals surface area contributed by atoms with Crippen LogP contribution in [0.5, 0.6) is 11.5 Å². The number of hydrogen-bond acceptors (Lipinski definition) is 4. The molecule has 0 saturated heterocycles. The largest absolute Gasteiger partial charge is 0.454 e. The zero-order valence-corrected chi connectivity index (χ0v) is 16.4. The molecule has 0 atom stereocenters. The molecule has 0 unspecified atom stereocenters. The van der Waals surface area contributed by atoms with Gasteiger partial charge in [0.05, 0.1) is 16.1 Å². The van der Waals surface area contributed by atoms with Crippen molar-refractivity contribution >= 4 is 27.5 Å². The Kier molecular flexibility index (Phi) is 5.63. The number of benzene rings is 2. The van der Waals surface area contributed by atoms with Gasteiger partial charge in [0.1, 0.15) is 11.6 Å². The summed E-state index contributed by atoms with van der Waals surface area (Å²) in [5.41, 5.74) is 0.581. The van der Waals surface area contributed by atoms with E-state index >= 15 is 0 Å². The highest BCUT2D eigenvalue weighted by Gasteiger charge is 2.16. The molecular formula is C18H13BrClFN4O2. The maximum Gasteiger partial charge on any atom is 0.343 e. The van der Waals surface area contributed by atoms with Crippen LogP contribution in [0, 0.1) is 17.1 Å². The Bertz CT molecular complexity index is 1100. The molecule has 0 aliphatic heterocycles. The second-order valence-electron chi connectivity index (χ2n) is 5.74. The van der Waals surface area contributed by atoms with Crippen LogP contribution in [0.25, 0.3) is 0 Å². The van der Waals surface area contributed by atoms with Crippen LogP contribution in [0.4, 0.5) is 4.39 Å². The van der Waals surface area contributed by atoms with Crippen LogP contribution in [0.15, 0.2) is 39.6 Å². The average molecular weight is 452 g/mol. The van der Waals surface area contributed by atoms with Crippen LogP contribution in [0.1, 0.15) is 17.0 Å². The molecular weight excluding hydrogens is 439 g/mol. The molecule has 2 aromatic carbocycles. The third-order valence-electron chi connectivity index (χ3n) is 3.94. The van der Waals surface area contributed by atoms with E-state index in [0.717, 1.165) is 0 Å². The second kappa shape index (κ2) is 7.94. The molecule has 1 heterocycles. The molecule has 0 aliphatic carbocycles. The van der Waals surface area contributed by atoms with E-state index in [-0.39, 0.29) is 21.7 Å². The van der Waals surface area contributed by atoms with Gasteiger partial charge < -0.3 is 4.74 Å². The van der Waals surface area contributed by atoms with E-state index in [1.54, 1.807) is 19.2 Å². The number of H-pyrrole nitrogens is 1. The monoisotopic (exact) mass is 450 g/mol. The highest BCUT2D eigenvalue weighted by atomic mass is 79.9. The molecule has 1 N–H and O–H groups in total. The summed E-state index contributed by atoms with van der Waals surface area (Å²) in [6.45, 7) is 0. The van der Waals surface area contributed by atoms with Gasteiger partial charge in [-0.25, -0.2) is 14.3 Å². The normalized spacial score (nSPS) is 10.6. The number of hydrogen-bond donors (Lipinski definition) is 1. The average Bonchev–Trinajstić information content (AvgIpc) is 2.96. The maximum absolute atomic E-state index is 14.7. The molecule has 1 aromatic heterocycles. The van der Waals surface area contributed by atoms with Gasteiger partial charge in [-0.3, -0.25) is 4.57 Å². The van der Waals surface area contributed by atoms with Crippen molar-refractivity contribution in [2.75, 3.05) is 0 Å². The highest BCUT2D eigenvalue weighted by molar-refractivity contribution is 9.10. The van der Waals surface area contributed by atoms with Gasteiger partial charge in [0.2, 0.25) is 0 Å². The molecule has 3 aromatic rings. The Morgan fingerprint density at radius 2 is 2.15 bits per heavy atom. The van der Waals surface area contributed by atoms with Gasteiger partial charge >= 0.3 is 5.69 Å². The number of nitrogens with one attached hydrogen (secondary N) is 1. The Hall–Kier alpha value is -2.63. The number of halogens is 3. The summed E-state index contributed by atoms with van der Waals surface area (Å²) < 4.78 is 22.1. The molecule has 0 bridgehead atoms. The van der Waals surface area contributed by atoms with Crippen molar-refractivity contribution in [1.82, 2.24) is 14.8 Å². The van der Waals surface area contributed by atoms with Crippen molar-refractivity contribution in [3.8, 4) is 17.6 Å². The fourth-order valence-corrected chi connectivity index (χ4v) is 3.07. The lowest BCUT2D eigenvalue weighted by Gasteiger charge is -2.13. The number of rotatable bonds is 5. The fraction of sp³-hybridized carbons (Fsp3) is 0.167. The topological polar surface area (TPSA) is 83.7 Å². The first kappa shape index (κ1) is 19.1. The van der Waals surface area contributed by atoms with Crippen molar-refractivity contribution < 1.29 is 9.13 Å². The van der Waals surface area contributed by atoms with E-state index in [0.29, 0.717) is 34.8 Å². The van der Waals surface area contributed by atoms with E-state index in [4.69, 9.17) is 21.6 Å². The van der Waals surface area contributed by atoms with E-state index in [9.17, 15) is 9.18 Å². The summed E-state index contributed by atoms with van der Waals surface area (Å²) in [6, 6.07) is 9.76. The van der Waals surface area contributed by atoms with Gasteiger partial charge in [-0.05, 0) is 52.2 Å². The van der Waals surface area contributed by atoms with Crippen LogP contribution in [-0.4, -0.2) is 14.8 Å². The molecule has 6 nitrogen and oxygen atoms in total. The molecule has 9 heteroatoms. The molecule has 0 aliphatic rings. The van der Waals surface area contributed by atoms with Crippen molar-refractivity contribution in [1.29, 1.82) is 5.26 Å². The number of ether oxygens (including phenoxy) is 1. The first-order valence-electron chi connectivity index (χ1n) is 7.84. The van der Waals surface area contributed by atoms with Crippen LogP contribution in [0.2, 0.25) is 5.02 Å². The Balaban J connectivity index is 1.93. The molecule has 0 radical (unpaired) electrons.